The Bertz CT molecular complexity index is 508. The van der Waals surface area contributed by atoms with Gasteiger partial charge in [0.1, 0.15) is 11.6 Å². The molecule has 0 saturated heterocycles. The van der Waals surface area contributed by atoms with Crippen LogP contribution in [0.2, 0.25) is 5.02 Å². The summed E-state index contributed by atoms with van der Waals surface area (Å²) >= 11 is 5.71. The number of benzene rings is 2. The zero-order valence-electron chi connectivity index (χ0n) is 7.51. The van der Waals surface area contributed by atoms with E-state index in [9.17, 15) is 9.50 Å². The van der Waals surface area contributed by atoms with Crippen molar-refractivity contribution < 1.29 is 9.50 Å². The fourth-order valence-corrected chi connectivity index (χ4v) is 1.65. The van der Waals surface area contributed by atoms with Crippen LogP contribution in [0.15, 0.2) is 24.3 Å². The highest BCUT2D eigenvalue weighted by Crippen LogP contribution is 2.28. The largest absolute Gasteiger partial charge is 0.508 e. The van der Waals surface area contributed by atoms with Crippen molar-refractivity contribution in [3.8, 4) is 5.75 Å². The summed E-state index contributed by atoms with van der Waals surface area (Å²) in [5.41, 5.74) is 0.708. The predicted octanol–water partition coefficient (Wildman–Crippen LogP) is 3.65. The van der Waals surface area contributed by atoms with E-state index >= 15 is 0 Å². The van der Waals surface area contributed by atoms with Gasteiger partial charge in [0.15, 0.2) is 0 Å². The summed E-state index contributed by atoms with van der Waals surface area (Å²) in [6, 6.07) is 6.03. The van der Waals surface area contributed by atoms with Crippen LogP contribution in [0.3, 0.4) is 0 Å². The van der Waals surface area contributed by atoms with Gasteiger partial charge in [0.05, 0.1) is 0 Å². The van der Waals surface area contributed by atoms with Crippen molar-refractivity contribution in [2.75, 3.05) is 0 Å². The van der Waals surface area contributed by atoms with E-state index < -0.39 is 5.82 Å². The summed E-state index contributed by atoms with van der Waals surface area (Å²) in [5, 5.41) is 10.9. The van der Waals surface area contributed by atoms with Crippen molar-refractivity contribution >= 4 is 22.4 Å². The molecule has 0 heterocycles. The van der Waals surface area contributed by atoms with Crippen molar-refractivity contribution in [2.24, 2.45) is 0 Å². The van der Waals surface area contributed by atoms with E-state index in [1.165, 1.54) is 12.1 Å². The molecule has 0 saturated carbocycles. The number of halogens is 2. The molecule has 0 aliphatic heterocycles. The molecule has 0 aliphatic carbocycles. The summed E-state index contributed by atoms with van der Waals surface area (Å²) < 4.78 is 13.4. The molecule has 0 atom stereocenters. The van der Waals surface area contributed by atoms with E-state index in [4.69, 9.17) is 11.6 Å². The maximum absolute atomic E-state index is 13.4. The van der Waals surface area contributed by atoms with E-state index in [1.54, 1.807) is 19.1 Å². The van der Waals surface area contributed by atoms with Gasteiger partial charge in [0, 0.05) is 10.4 Å². The van der Waals surface area contributed by atoms with E-state index in [1.807, 2.05) is 0 Å². The molecule has 1 nitrogen and oxygen atoms in total. The average molecular weight is 211 g/mol. The van der Waals surface area contributed by atoms with Crippen LogP contribution in [0.5, 0.6) is 5.75 Å². The Morgan fingerprint density at radius 2 is 1.93 bits per heavy atom. The summed E-state index contributed by atoms with van der Waals surface area (Å²) in [4.78, 5) is 0. The Labute approximate surface area is 85.7 Å². The number of hydrogen-bond acceptors (Lipinski definition) is 1. The molecule has 0 fully saturated rings. The van der Waals surface area contributed by atoms with Gasteiger partial charge in [0.2, 0.25) is 0 Å². The van der Waals surface area contributed by atoms with Gasteiger partial charge < -0.3 is 5.11 Å². The minimum Gasteiger partial charge on any atom is -0.508 e. The maximum Gasteiger partial charge on any atom is 0.132 e. The SMILES string of the molecule is Cc1cc2cc(Cl)cc(F)c2cc1O. The molecule has 0 aromatic heterocycles. The van der Waals surface area contributed by atoms with Gasteiger partial charge in [-0.15, -0.1) is 0 Å². The Balaban J connectivity index is 2.89. The van der Waals surface area contributed by atoms with Crippen LogP contribution in [0.1, 0.15) is 5.56 Å². The summed E-state index contributed by atoms with van der Waals surface area (Å²) in [5.74, 6) is -0.318. The molecule has 0 radical (unpaired) electrons. The predicted molar refractivity (Wildman–Crippen MR) is 55.3 cm³/mol. The Morgan fingerprint density at radius 3 is 2.64 bits per heavy atom. The number of phenols is 1. The van der Waals surface area contributed by atoms with Crippen LogP contribution in [-0.2, 0) is 0 Å². The molecule has 0 unspecified atom stereocenters. The van der Waals surface area contributed by atoms with Crippen LogP contribution in [0, 0.1) is 12.7 Å². The highest BCUT2D eigenvalue weighted by Gasteiger charge is 2.05. The summed E-state index contributed by atoms with van der Waals surface area (Å²) in [6.45, 7) is 1.76. The van der Waals surface area contributed by atoms with Crippen LogP contribution in [0.4, 0.5) is 4.39 Å². The molecule has 0 spiro atoms. The van der Waals surface area contributed by atoms with Crippen molar-refractivity contribution in [3.63, 3.8) is 0 Å². The van der Waals surface area contributed by atoms with Crippen LogP contribution in [-0.4, -0.2) is 5.11 Å². The lowest BCUT2D eigenvalue weighted by atomic mass is 10.1. The first kappa shape index (κ1) is 9.28. The van der Waals surface area contributed by atoms with Crippen molar-refractivity contribution in [3.05, 3.63) is 40.7 Å². The molecule has 3 heteroatoms. The lowest BCUT2D eigenvalue weighted by Crippen LogP contribution is -1.82. The first-order valence-electron chi connectivity index (χ1n) is 4.16. The van der Waals surface area contributed by atoms with Crippen LogP contribution >= 0.6 is 11.6 Å². The Kier molecular flexibility index (Phi) is 2.08. The van der Waals surface area contributed by atoms with E-state index in [2.05, 4.69) is 0 Å². The van der Waals surface area contributed by atoms with Gasteiger partial charge in [-0.1, -0.05) is 11.6 Å². The number of aryl methyl sites for hydroxylation is 1. The zero-order valence-corrected chi connectivity index (χ0v) is 8.27. The second-order valence-electron chi connectivity index (χ2n) is 3.25. The van der Waals surface area contributed by atoms with Crippen molar-refractivity contribution in [1.29, 1.82) is 0 Å². The average Bonchev–Trinajstić information content (AvgIpc) is 2.08. The number of hydrogen-bond donors (Lipinski definition) is 1. The molecule has 72 valence electrons. The van der Waals surface area contributed by atoms with Gasteiger partial charge in [0.25, 0.3) is 0 Å². The Hall–Kier alpha value is -1.28. The second-order valence-corrected chi connectivity index (χ2v) is 3.68. The number of phenolic OH excluding ortho intramolecular Hbond substituents is 1. The molecule has 1 N–H and O–H groups in total. The van der Waals surface area contributed by atoms with Gasteiger partial charge in [-0.2, -0.15) is 0 Å². The number of rotatable bonds is 0. The van der Waals surface area contributed by atoms with E-state index in [-0.39, 0.29) is 5.75 Å². The summed E-state index contributed by atoms with van der Waals surface area (Å²) in [6.07, 6.45) is 0. The van der Waals surface area contributed by atoms with Crippen molar-refractivity contribution in [1.82, 2.24) is 0 Å². The minimum atomic E-state index is -0.414. The van der Waals surface area contributed by atoms with Gasteiger partial charge >= 0.3 is 0 Å². The quantitative estimate of drug-likeness (QED) is 0.704. The molecule has 14 heavy (non-hydrogen) atoms. The standard InChI is InChI=1S/C11H8ClFO/c1-6-2-7-3-8(12)4-10(13)9(7)5-11(6)14/h2-5,14H,1H3. The molecule has 2 rings (SSSR count). The van der Waals surface area contributed by atoms with Gasteiger partial charge in [-0.3, -0.25) is 0 Å². The normalized spacial score (nSPS) is 10.8. The third kappa shape index (κ3) is 1.42. The molecule has 0 bridgehead atoms. The van der Waals surface area contributed by atoms with E-state index in [0.29, 0.717) is 21.4 Å². The van der Waals surface area contributed by atoms with Crippen LogP contribution < -0.4 is 0 Å². The third-order valence-corrected chi connectivity index (χ3v) is 2.40. The molecular formula is C11H8ClFO. The topological polar surface area (TPSA) is 20.2 Å². The molecular weight excluding hydrogens is 203 g/mol. The molecule has 0 aliphatic rings. The summed E-state index contributed by atoms with van der Waals surface area (Å²) in [7, 11) is 0. The Morgan fingerprint density at radius 1 is 1.21 bits per heavy atom. The number of aromatic hydroxyl groups is 1. The van der Waals surface area contributed by atoms with Gasteiger partial charge in [-0.25, -0.2) is 4.39 Å². The van der Waals surface area contributed by atoms with Gasteiger partial charge in [-0.05, 0) is 42.1 Å². The van der Waals surface area contributed by atoms with Crippen LogP contribution in [0.25, 0.3) is 10.8 Å². The zero-order chi connectivity index (χ0) is 10.3. The smallest absolute Gasteiger partial charge is 0.132 e. The lowest BCUT2D eigenvalue weighted by molar-refractivity contribution is 0.471. The maximum atomic E-state index is 13.4. The highest BCUT2D eigenvalue weighted by molar-refractivity contribution is 6.31. The monoisotopic (exact) mass is 210 g/mol. The lowest BCUT2D eigenvalue weighted by Gasteiger charge is -2.04. The fourth-order valence-electron chi connectivity index (χ4n) is 1.43. The molecule has 2 aromatic carbocycles. The highest BCUT2D eigenvalue weighted by atomic mass is 35.5. The van der Waals surface area contributed by atoms with E-state index in [0.717, 1.165) is 0 Å². The molecule has 2 aromatic rings. The second kappa shape index (κ2) is 3.14. The third-order valence-electron chi connectivity index (χ3n) is 2.18. The molecule has 0 amide bonds. The van der Waals surface area contributed by atoms with Crippen molar-refractivity contribution in [2.45, 2.75) is 6.92 Å². The minimum absolute atomic E-state index is 0.0960. The first-order chi connectivity index (χ1) is 6.58. The fraction of sp³-hybridized carbons (Fsp3) is 0.0909. The first-order valence-corrected chi connectivity index (χ1v) is 4.54. The number of fused-ring (bicyclic) bond motifs is 1.